The van der Waals surface area contributed by atoms with Gasteiger partial charge in [0.25, 0.3) is 0 Å². The molecule has 3 atom stereocenters. The van der Waals surface area contributed by atoms with Gasteiger partial charge in [-0.25, -0.2) is 8.42 Å². The first-order valence-corrected chi connectivity index (χ1v) is 8.69. The van der Waals surface area contributed by atoms with Crippen molar-refractivity contribution in [3.63, 3.8) is 0 Å². The zero-order valence-electron chi connectivity index (χ0n) is 11.9. The van der Waals surface area contributed by atoms with Crippen molar-refractivity contribution in [3.8, 4) is 0 Å². The maximum atomic E-state index is 12.9. The molecule has 21 heavy (non-hydrogen) atoms. The molecule has 5 nitrogen and oxygen atoms in total. The Balaban J connectivity index is 2.04. The minimum Gasteiger partial charge on any atom is -0.481 e. The van der Waals surface area contributed by atoms with Gasteiger partial charge in [-0.15, -0.1) is 0 Å². The molecular weight excluding hydrogens is 290 g/mol. The van der Waals surface area contributed by atoms with Crippen LogP contribution in [0.1, 0.15) is 32.6 Å². The molecule has 6 heteroatoms. The Hall–Kier alpha value is -1.40. The Morgan fingerprint density at radius 2 is 2.00 bits per heavy atom. The van der Waals surface area contributed by atoms with Crippen LogP contribution in [-0.4, -0.2) is 35.9 Å². The normalized spacial score (nSPS) is 32.4. The van der Waals surface area contributed by atoms with Crippen LogP contribution in [0.25, 0.3) is 0 Å². The Kier molecular flexibility index (Phi) is 3.33. The van der Waals surface area contributed by atoms with Crippen LogP contribution in [-0.2, 0) is 14.8 Å². The maximum Gasteiger partial charge on any atom is 0.311 e. The number of carbonyl (C=O) groups is 1. The van der Waals surface area contributed by atoms with Crippen LogP contribution < -0.4 is 0 Å². The molecule has 2 aliphatic heterocycles. The predicted molar refractivity (Wildman–Crippen MR) is 77.3 cm³/mol. The number of benzene rings is 1. The third kappa shape index (κ3) is 1.92. The lowest BCUT2D eigenvalue weighted by Gasteiger charge is -2.32. The number of carboxylic acids is 1. The van der Waals surface area contributed by atoms with E-state index < -0.39 is 27.4 Å². The molecule has 3 rings (SSSR count). The molecule has 2 saturated heterocycles. The van der Waals surface area contributed by atoms with Crippen molar-refractivity contribution in [2.75, 3.05) is 0 Å². The fourth-order valence-corrected chi connectivity index (χ4v) is 5.93. The predicted octanol–water partition coefficient (Wildman–Crippen LogP) is 2.09. The molecule has 114 valence electrons. The van der Waals surface area contributed by atoms with Gasteiger partial charge in [0.2, 0.25) is 10.0 Å². The molecule has 0 aliphatic carbocycles. The Bertz CT molecular complexity index is 658. The topological polar surface area (TPSA) is 74.7 Å². The Morgan fingerprint density at radius 3 is 2.52 bits per heavy atom. The summed E-state index contributed by atoms with van der Waals surface area (Å²) in [5.41, 5.74) is -0.926. The van der Waals surface area contributed by atoms with Crippen LogP contribution in [0.15, 0.2) is 35.2 Å². The number of hydrogen-bond acceptors (Lipinski definition) is 3. The zero-order chi connectivity index (χ0) is 15.3. The van der Waals surface area contributed by atoms with E-state index in [9.17, 15) is 18.3 Å². The highest BCUT2D eigenvalue weighted by Crippen LogP contribution is 2.53. The van der Waals surface area contributed by atoms with Crippen molar-refractivity contribution >= 4 is 16.0 Å². The molecule has 2 aliphatic rings. The Labute approximate surface area is 124 Å². The van der Waals surface area contributed by atoms with Gasteiger partial charge in [0, 0.05) is 12.1 Å². The molecule has 1 aromatic rings. The summed E-state index contributed by atoms with van der Waals surface area (Å²) in [6.45, 7) is 1.84. The summed E-state index contributed by atoms with van der Waals surface area (Å²) in [4.78, 5) is 12.0. The highest BCUT2D eigenvalue weighted by Gasteiger charge is 2.62. The van der Waals surface area contributed by atoms with Crippen LogP contribution in [0.5, 0.6) is 0 Å². The van der Waals surface area contributed by atoms with Crippen LogP contribution in [0.3, 0.4) is 0 Å². The summed E-state index contributed by atoms with van der Waals surface area (Å²) in [6.07, 6.45) is 2.28. The van der Waals surface area contributed by atoms with Gasteiger partial charge < -0.3 is 5.11 Å². The zero-order valence-corrected chi connectivity index (χ0v) is 12.7. The molecule has 0 saturated carbocycles. The van der Waals surface area contributed by atoms with Gasteiger partial charge in [-0.2, -0.15) is 4.31 Å². The minimum absolute atomic E-state index is 0.184. The van der Waals surface area contributed by atoms with Crippen molar-refractivity contribution in [3.05, 3.63) is 30.3 Å². The minimum atomic E-state index is -3.62. The average molecular weight is 309 g/mol. The molecule has 1 aromatic carbocycles. The van der Waals surface area contributed by atoms with Crippen molar-refractivity contribution in [2.24, 2.45) is 5.41 Å². The number of sulfonamides is 1. The molecular formula is C15H19NO4S. The van der Waals surface area contributed by atoms with E-state index in [0.717, 1.165) is 6.42 Å². The third-order valence-electron chi connectivity index (χ3n) is 5.05. The van der Waals surface area contributed by atoms with E-state index in [1.807, 2.05) is 6.92 Å². The standard InChI is InChI=1S/C15H19NO4S/c1-2-15(14(17)18)10-11-8-9-13(15)16(11)21(19,20)12-6-4-3-5-7-12/h3-7,11,13H,2,8-10H2,1H3,(H,17,18)/t11-,13+,15+/m0/s1. The highest BCUT2D eigenvalue weighted by atomic mass is 32.2. The first-order valence-electron chi connectivity index (χ1n) is 7.25. The van der Waals surface area contributed by atoms with Crippen LogP contribution in [0.2, 0.25) is 0 Å². The van der Waals surface area contributed by atoms with Crippen molar-refractivity contribution in [2.45, 2.75) is 49.6 Å². The van der Waals surface area contributed by atoms with Crippen LogP contribution in [0, 0.1) is 5.41 Å². The third-order valence-corrected chi connectivity index (χ3v) is 7.03. The number of carboxylic acid groups (broad SMARTS) is 1. The number of aliphatic carboxylic acids is 1. The molecule has 2 bridgehead atoms. The summed E-state index contributed by atoms with van der Waals surface area (Å²) in [7, 11) is -3.62. The van der Waals surface area contributed by atoms with Gasteiger partial charge in [-0.05, 0) is 37.8 Å². The first kappa shape index (κ1) is 14.5. The lowest BCUT2D eigenvalue weighted by Crippen LogP contribution is -2.44. The van der Waals surface area contributed by atoms with E-state index in [0.29, 0.717) is 19.3 Å². The number of hydrogen-bond donors (Lipinski definition) is 1. The van der Waals surface area contributed by atoms with Crippen LogP contribution >= 0.6 is 0 Å². The van der Waals surface area contributed by atoms with E-state index in [1.54, 1.807) is 30.3 Å². The van der Waals surface area contributed by atoms with E-state index in [2.05, 4.69) is 0 Å². The average Bonchev–Trinajstić information content (AvgIpc) is 3.04. The maximum absolute atomic E-state index is 12.9. The summed E-state index contributed by atoms with van der Waals surface area (Å²) < 4.78 is 27.2. The number of rotatable bonds is 4. The van der Waals surface area contributed by atoms with E-state index in [4.69, 9.17) is 0 Å². The van der Waals surface area contributed by atoms with E-state index in [-0.39, 0.29) is 10.9 Å². The van der Waals surface area contributed by atoms with Crippen molar-refractivity contribution < 1.29 is 18.3 Å². The molecule has 0 amide bonds. The second-order valence-corrected chi connectivity index (χ2v) is 7.76. The molecule has 0 spiro atoms. The molecule has 0 radical (unpaired) electrons. The van der Waals surface area contributed by atoms with Gasteiger partial charge >= 0.3 is 5.97 Å². The second-order valence-electron chi connectivity index (χ2n) is 5.91. The summed E-state index contributed by atoms with van der Waals surface area (Å²) in [5.74, 6) is -0.870. The van der Waals surface area contributed by atoms with Crippen molar-refractivity contribution in [1.82, 2.24) is 4.31 Å². The second kappa shape index (κ2) is 4.81. The fraction of sp³-hybridized carbons (Fsp3) is 0.533. The highest BCUT2D eigenvalue weighted by molar-refractivity contribution is 7.89. The number of nitrogens with zero attached hydrogens (tertiary/aromatic N) is 1. The first-order chi connectivity index (χ1) is 9.93. The smallest absolute Gasteiger partial charge is 0.311 e. The van der Waals surface area contributed by atoms with E-state index >= 15 is 0 Å². The Morgan fingerprint density at radius 1 is 1.33 bits per heavy atom. The van der Waals surface area contributed by atoms with Gasteiger partial charge in [0.05, 0.1) is 10.3 Å². The molecule has 1 N–H and O–H groups in total. The quantitative estimate of drug-likeness (QED) is 0.924. The lowest BCUT2D eigenvalue weighted by molar-refractivity contribution is -0.150. The number of fused-ring (bicyclic) bond motifs is 2. The molecule has 0 aromatic heterocycles. The molecule has 2 heterocycles. The summed E-state index contributed by atoms with van der Waals surface area (Å²) in [5, 5.41) is 9.62. The lowest BCUT2D eigenvalue weighted by atomic mass is 9.72. The van der Waals surface area contributed by atoms with Gasteiger partial charge in [0.1, 0.15) is 0 Å². The van der Waals surface area contributed by atoms with Gasteiger partial charge in [-0.1, -0.05) is 25.1 Å². The fourth-order valence-electron chi connectivity index (χ4n) is 3.97. The van der Waals surface area contributed by atoms with Crippen LogP contribution in [0.4, 0.5) is 0 Å². The molecule has 2 fully saturated rings. The van der Waals surface area contributed by atoms with Crippen molar-refractivity contribution in [1.29, 1.82) is 0 Å². The monoisotopic (exact) mass is 309 g/mol. The van der Waals surface area contributed by atoms with Gasteiger partial charge in [-0.3, -0.25) is 4.79 Å². The van der Waals surface area contributed by atoms with E-state index in [1.165, 1.54) is 4.31 Å². The molecule has 0 unspecified atom stereocenters. The SMILES string of the molecule is CC[C@@]1(C(=O)O)C[C@@H]2CC[C@H]1N2S(=O)(=O)c1ccccc1. The summed E-state index contributed by atoms with van der Waals surface area (Å²) in [6, 6.07) is 7.68. The summed E-state index contributed by atoms with van der Waals surface area (Å²) >= 11 is 0. The largest absolute Gasteiger partial charge is 0.481 e. The van der Waals surface area contributed by atoms with Gasteiger partial charge in [0.15, 0.2) is 0 Å².